The van der Waals surface area contributed by atoms with Crippen molar-refractivity contribution in [2.24, 2.45) is 17.6 Å². The van der Waals surface area contributed by atoms with Crippen LogP contribution in [-0.2, 0) is 4.79 Å². The molecule has 1 saturated carbocycles. The van der Waals surface area contributed by atoms with Crippen molar-refractivity contribution in [3.8, 4) is 0 Å². The van der Waals surface area contributed by atoms with E-state index >= 15 is 0 Å². The minimum absolute atomic E-state index is 0.293. The van der Waals surface area contributed by atoms with Crippen molar-refractivity contribution in [1.29, 1.82) is 0 Å². The summed E-state index contributed by atoms with van der Waals surface area (Å²) in [4.78, 5) is 14.5. The largest absolute Gasteiger partial charge is 0.338 e. The lowest BCUT2D eigenvalue weighted by atomic mass is 9.89. The summed E-state index contributed by atoms with van der Waals surface area (Å²) in [6.45, 7) is 3.78. The van der Waals surface area contributed by atoms with Crippen molar-refractivity contribution in [2.75, 3.05) is 13.1 Å². The van der Waals surface area contributed by atoms with E-state index in [1.54, 1.807) is 0 Å². The summed E-state index contributed by atoms with van der Waals surface area (Å²) in [5, 5.41) is 0. The number of likely N-dealkylation sites (tertiary alicyclic amines) is 1. The van der Waals surface area contributed by atoms with Crippen molar-refractivity contribution < 1.29 is 4.79 Å². The van der Waals surface area contributed by atoms with E-state index in [9.17, 15) is 4.79 Å². The smallest absolute Gasteiger partial charge is 0.225 e. The fourth-order valence-electron chi connectivity index (χ4n) is 3.29. The Morgan fingerprint density at radius 3 is 2.56 bits per heavy atom. The number of carbonyl (C=O) groups excluding carboxylic acids is 1. The Morgan fingerprint density at radius 2 is 1.94 bits per heavy atom. The van der Waals surface area contributed by atoms with Gasteiger partial charge in [0.2, 0.25) is 5.91 Å². The van der Waals surface area contributed by atoms with E-state index in [4.69, 9.17) is 5.73 Å². The standard InChI is InChI=1S/C13H24N2O/c1-10-5-4-8-15(12(10)9-14)13(16)11-6-2-3-7-11/h10-12H,2-9,14H2,1H3/t10-,12+/m1/s1. The molecule has 1 aliphatic heterocycles. The van der Waals surface area contributed by atoms with Crippen LogP contribution in [0.25, 0.3) is 0 Å². The highest BCUT2D eigenvalue weighted by Crippen LogP contribution is 2.30. The molecule has 2 fully saturated rings. The zero-order valence-corrected chi connectivity index (χ0v) is 10.3. The number of nitrogens with two attached hydrogens (primary N) is 1. The first-order valence-electron chi connectivity index (χ1n) is 6.74. The van der Waals surface area contributed by atoms with E-state index in [0.717, 1.165) is 25.8 Å². The molecule has 92 valence electrons. The van der Waals surface area contributed by atoms with Crippen LogP contribution in [0, 0.1) is 11.8 Å². The van der Waals surface area contributed by atoms with Gasteiger partial charge in [0, 0.05) is 25.0 Å². The second-order valence-corrected chi connectivity index (χ2v) is 5.44. The molecule has 1 heterocycles. The lowest BCUT2D eigenvalue weighted by Crippen LogP contribution is -2.52. The van der Waals surface area contributed by atoms with Crippen LogP contribution < -0.4 is 5.73 Å². The van der Waals surface area contributed by atoms with Gasteiger partial charge in [-0.3, -0.25) is 4.79 Å². The maximum absolute atomic E-state index is 12.4. The van der Waals surface area contributed by atoms with Gasteiger partial charge in [-0.25, -0.2) is 0 Å². The monoisotopic (exact) mass is 224 g/mol. The van der Waals surface area contributed by atoms with E-state index in [1.807, 2.05) is 0 Å². The number of amides is 1. The topological polar surface area (TPSA) is 46.3 Å². The average molecular weight is 224 g/mol. The van der Waals surface area contributed by atoms with Gasteiger partial charge in [0.15, 0.2) is 0 Å². The molecule has 1 aliphatic carbocycles. The third-order valence-corrected chi connectivity index (χ3v) is 4.34. The molecule has 16 heavy (non-hydrogen) atoms. The van der Waals surface area contributed by atoms with E-state index < -0.39 is 0 Å². The van der Waals surface area contributed by atoms with Crippen LogP contribution in [0.4, 0.5) is 0 Å². The second kappa shape index (κ2) is 5.17. The van der Waals surface area contributed by atoms with Crippen molar-refractivity contribution in [3.63, 3.8) is 0 Å². The molecular weight excluding hydrogens is 200 g/mol. The van der Waals surface area contributed by atoms with E-state index in [-0.39, 0.29) is 0 Å². The Morgan fingerprint density at radius 1 is 1.25 bits per heavy atom. The number of rotatable bonds is 2. The lowest BCUT2D eigenvalue weighted by molar-refractivity contribution is -0.140. The van der Waals surface area contributed by atoms with Gasteiger partial charge in [-0.05, 0) is 31.6 Å². The summed E-state index contributed by atoms with van der Waals surface area (Å²) in [6.07, 6.45) is 7.02. The van der Waals surface area contributed by atoms with Gasteiger partial charge in [0.05, 0.1) is 0 Å². The number of piperidine rings is 1. The fourth-order valence-corrected chi connectivity index (χ4v) is 3.29. The third-order valence-electron chi connectivity index (χ3n) is 4.34. The zero-order valence-electron chi connectivity index (χ0n) is 10.3. The molecule has 0 unspecified atom stereocenters. The minimum Gasteiger partial charge on any atom is -0.338 e. The Bertz CT molecular complexity index is 248. The predicted octanol–water partition coefficient (Wildman–Crippen LogP) is 1.76. The first-order valence-corrected chi connectivity index (χ1v) is 6.74. The lowest BCUT2D eigenvalue weighted by Gasteiger charge is -2.40. The van der Waals surface area contributed by atoms with Crippen LogP contribution in [0.2, 0.25) is 0 Å². The Hall–Kier alpha value is -0.570. The quantitative estimate of drug-likeness (QED) is 0.777. The number of carbonyl (C=O) groups is 1. The van der Waals surface area contributed by atoms with Crippen LogP contribution in [0.5, 0.6) is 0 Å². The Labute approximate surface area is 98.4 Å². The van der Waals surface area contributed by atoms with Gasteiger partial charge in [-0.15, -0.1) is 0 Å². The summed E-state index contributed by atoms with van der Waals surface area (Å²) in [7, 11) is 0. The van der Waals surface area contributed by atoms with Gasteiger partial charge >= 0.3 is 0 Å². The van der Waals surface area contributed by atoms with Gasteiger partial charge in [0.1, 0.15) is 0 Å². The molecular formula is C13H24N2O. The molecule has 3 nitrogen and oxygen atoms in total. The first-order chi connectivity index (χ1) is 7.74. The fraction of sp³-hybridized carbons (Fsp3) is 0.923. The normalized spacial score (nSPS) is 32.0. The molecule has 2 aliphatic rings. The molecule has 2 rings (SSSR count). The van der Waals surface area contributed by atoms with Crippen LogP contribution in [0.3, 0.4) is 0 Å². The Balaban J connectivity index is 2.02. The maximum Gasteiger partial charge on any atom is 0.225 e. The van der Waals surface area contributed by atoms with E-state index in [2.05, 4.69) is 11.8 Å². The molecule has 0 aromatic carbocycles. The summed E-state index contributed by atoms with van der Waals surface area (Å²) < 4.78 is 0. The van der Waals surface area contributed by atoms with Gasteiger partial charge in [-0.1, -0.05) is 19.8 Å². The highest BCUT2D eigenvalue weighted by Gasteiger charge is 2.35. The molecule has 1 amide bonds. The number of hydrogen-bond donors (Lipinski definition) is 1. The van der Waals surface area contributed by atoms with Crippen LogP contribution in [0.15, 0.2) is 0 Å². The maximum atomic E-state index is 12.4. The average Bonchev–Trinajstić information content (AvgIpc) is 2.81. The Kier molecular flexibility index (Phi) is 3.85. The summed E-state index contributed by atoms with van der Waals surface area (Å²) in [6, 6.07) is 0.293. The third kappa shape index (κ3) is 2.24. The predicted molar refractivity (Wildman–Crippen MR) is 64.9 cm³/mol. The highest BCUT2D eigenvalue weighted by molar-refractivity contribution is 5.79. The number of hydrogen-bond acceptors (Lipinski definition) is 2. The molecule has 3 heteroatoms. The van der Waals surface area contributed by atoms with Crippen LogP contribution in [-0.4, -0.2) is 29.9 Å². The summed E-state index contributed by atoms with van der Waals surface area (Å²) in [5.41, 5.74) is 5.83. The van der Waals surface area contributed by atoms with E-state index in [1.165, 1.54) is 19.3 Å². The molecule has 1 saturated heterocycles. The molecule has 0 aromatic heterocycles. The highest BCUT2D eigenvalue weighted by atomic mass is 16.2. The summed E-state index contributed by atoms with van der Waals surface area (Å²) in [5.74, 6) is 1.27. The van der Waals surface area contributed by atoms with E-state index in [0.29, 0.717) is 30.3 Å². The second-order valence-electron chi connectivity index (χ2n) is 5.44. The molecule has 0 aromatic rings. The minimum atomic E-state index is 0.293. The first kappa shape index (κ1) is 11.9. The van der Waals surface area contributed by atoms with Crippen molar-refractivity contribution >= 4 is 5.91 Å². The molecule has 0 bridgehead atoms. The van der Waals surface area contributed by atoms with Crippen molar-refractivity contribution in [3.05, 3.63) is 0 Å². The zero-order chi connectivity index (χ0) is 11.5. The van der Waals surface area contributed by atoms with Crippen LogP contribution in [0.1, 0.15) is 45.4 Å². The summed E-state index contributed by atoms with van der Waals surface area (Å²) >= 11 is 0. The molecule has 2 atom stereocenters. The van der Waals surface area contributed by atoms with Gasteiger partial charge < -0.3 is 10.6 Å². The molecule has 2 N–H and O–H groups in total. The number of nitrogens with zero attached hydrogens (tertiary/aromatic N) is 1. The van der Waals surface area contributed by atoms with Gasteiger partial charge in [0.25, 0.3) is 0 Å². The van der Waals surface area contributed by atoms with Crippen molar-refractivity contribution in [2.45, 2.75) is 51.5 Å². The van der Waals surface area contributed by atoms with Crippen molar-refractivity contribution in [1.82, 2.24) is 4.90 Å². The SMILES string of the molecule is C[C@@H]1CCCN(C(=O)C2CCCC2)[C@H]1CN. The molecule has 0 spiro atoms. The van der Waals surface area contributed by atoms with Gasteiger partial charge in [-0.2, -0.15) is 0 Å². The molecule has 0 radical (unpaired) electrons. The van der Waals surface area contributed by atoms with Crippen LogP contribution >= 0.6 is 0 Å².